The quantitative estimate of drug-likeness (QED) is 0.305. The van der Waals surface area contributed by atoms with E-state index in [2.05, 4.69) is 0 Å². The molecule has 0 aliphatic carbocycles. The van der Waals surface area contributed by atoms with E-state index in [1.807, 2.05) is 24.3 Å². The predicted molar refractivity (Wildman–Crippen MR) is 100 cm³/mol. The fraction of sp³-hybridized carbons (Fsp3) is 0.111. The van der Waals surface area contributed by atoms with E-state index in [0.717, 1.165) is 8.52 Å². The van der Waals surface area contributed by atoms with E-state index in [4.69, 9.17) is 0 Å². The number of Topliss-reactive ketones (excluding diaryl/α,β-unsaturated/α-hetero) is 2. The van der Waals surface area contributed by atoms with E-state index in [-0.39, 0.29) is 53.7 Å². The van der Waals surface area contributed by atoms with Gasteiger partial charge in [0.05, 0.1) is 0 Å². The molecule has 0 amide bonds. The number of benzene rings is 2. The molecule has 2 aromatic carbocycles. The summed E-state index contributed by atoms with van der Waals surface area (Å²) in [4.78, 5) is 49.2. The molecule has 0 saturated carbocycles. The molecule has 0 aliphatic rings. The zero-order valence-electron chi connectivity index (χ0n) is 13.4. The molecule has 2 heterocycles. The molecule has 130 valence electrons. The van der Waals surface area contributed by atoms with Gasteiger partial charge >= 0.3 is 159 Å². The molecule has 0 N–H and O–H groups in total. The maximum absolute atomic E-state index is 12.3. The summed E-state index contributed by atoms with van der Waals surface area (Å²) in [6.07, 6.45) is 0. The molecule has 0 radical (unpaired) electrons. The molecular weight excluding hydrogens is 466 g/mol. The van der Waals surface area contributed by atoms with Crippen LogP contribution in [0.1, 0.15) is 0 Å². The van der Waals surface area contributed by atoms with Crippen LogP contribution in [0.2, 0.25) is 0 Å². The molecule has 2 aromatic heterocycles. The minimum absolute atomic E-state index is 0.212. The average molecular weight is 478 g/mol. The summed E-state index contributed by atoms with van der Waals surface area (Å²) in [6.45, 7) is -0.456. The summed E-state index contributed by atoms with van der Waals surface area (Å²) < 4.78 is 4.70. The standard InChI is InChI=1S/C18H12N2O4Se2/c21-13(9-19-17(23)11-5-1-3-7-15(11)25-19)14(22)10-20-18(24)12-6-2-4-8-16(12)26-20/h1-8H,9-10H2. The van der Waals surface area contributed by atoms with Crippen LogP contribution in [0.5, 0.6) is 0 Å². The third kappa shape index (κ3) is 3.02. The number of carbonyl (C=O) groups is 2. The van der Waals surface area contributed by atoms with Gasteiger partial charge in [0.15, 0.2) is 0 Å². The van der Waals surface area contributed by atoms with E-state index in [9.17, 15) is 19.2 Å². The van der Waals surface area contributed by atoms with Gasteiger partial charge in [0.2, 0.25) is 0 Å². The van der Waals surface area contributed by atoms with Gasteiger partial charge in [-0.3, -0.25) is 0 Å². The van der Waals surface area contributed by atoms with Crippen LogP contribution in [0.15, 0.2) is 58.1 Å². The van der Waals surface area contributed by atoms with Gasteiger partial charge < -0.3 is 0 Å². The number of hydrogen-bond acceptors (Lipinski definition) is 4. The topological polar surface area (TPSA) is 78.1 Å². The number of aromatic nitrogens is 2. The summed E-state index contributed by atoms with van der Waals surface area (Å²) in [5.74, 6) is -1.26. The Morgan fingerprint density at radius 2 is 1.08 bits per heavy atom. The van der Waals surface area contributed by atoms with Crippen LogP contribution in [-0.2, 0) is 22.7 Å². The van der Waals surface area contributed by atoms with E-state index in [1.165, 1.54) is 7.12 Å². The number of rotatable bonds is 5. The molecule has 0 unspecified atom stereocenters. The van der Waals surface area contributed by atoms with Crippen LogP contribution >= 0.6 is 0 Å². The summed E-state index contributed by atoms with van der Waals surface area (Å²) in [5, 5.41) is 1.20. The second-order valence-corrected chi connectivity index (χ2v) is 10.2. The van der Waals surface area contributed by atoms with Crippen LogP contribution in [-0.4, -0.2) is 48.2 Å². The molecule has 4 rings (SSSR count). The van der Waals surface area contributed by atoms with Gasteiger partial charge in [0.1, 0.15) is 0 Å². The molecule has 26 heavy (non-hydrogen) atoms. The van der Waals surface area contributed by atoms with Crippen LogP contribution in [0.4, 0.5) is 0 Å². The van der Waals surface area contributed by atoms with Crippen molar-refractivity contribution in [3.05, 3.63) is 69.2 Å². The zero-order valence-corrected chi connectivity index (χ0v) is 16.8. The van der Waals surface area contributed by atoms with Crippen molar-refractivity contribution in [1.82, 2.24) is 7.12 Å². The van der Waals surface area contributed by atoms with Crippen molar-refractivity contribution in [2.24, 2.45) is 0 Å². The van der Waals surface area contributed by atoms with Crippen molar-refractivity contribution in [1.29, 1.82) is 0 Å². The Labute approximate surface area is 159 Å². The van der Waals surface area contributed by atoms with Gasteiger partial charge in [0, 0.05) is 0 Å². The van der Waals surface area contributed by atoms with Crippen LogP contribution in [0.25, 0.3) is 19.3 Å². The summed E-state index contributed by atoms with van der Waals surface area (Å²) in [7, 11) is 0. The summed E-state index contributed by atoms with van der Waals surface area (Å²) in [6, 6.07) is 14.4. The van der Waals surface area contributed by atoms with Crippen molar-refractivity contribution >= 4 is 60.3 Å². The molecule has 0 spiro atoms. The summed E-state index contributed by atoms with van der Waals surface area (Å²) >= 11 is -0.597. The fourth-order valence-electron chi connectivity index (χ4n) is 2.68. The average Bonchev–Trinajstić information content (AvgIpc) is 3.13. The first-order valence-corrected chi connectivity index (χ1v) is 11.0. The van der Waals surface area contributed by atoms with E-state index >= 15 is 0 Å². The molecule has 8 heteroatoms. The molecule has 0 bridgehead atoms. The van der Waals surface area contributed by atoms with Crippen molar-refractivity contribution in [2.75, 3.05) is 0 Å². The van der Waals surface area contributed by atoms with Gasteiger partial charge in [-0.05, 0) is 0 Å². The van der Waals surface area contributed by atoms with Gasteiger partial charge in [0.25, 0.3) is 0 Å². The van der Waals surface area contributed by atoms with E-state index in [0.29, 0.717) is 10.8 Å². The van der Waals surface area contributed by atoms with Gasteiger partial charge in [-0.25, -0.2) is 0 Å². The number of ketones is 2. The Bertz CT molecular complexity index is 1180. The van der Waals surface area contributed by atoms with Crippen molar-refractivity contribution in [3.63, 3.8) is 0 Å². The minimum atomic E-state index is -0.632. The normalized spacial score (nSPS) is 11.2. The zero-order chi connectivity index (χ0) is 18.3. The SMILES string of the molecule is O=C(Cn1[se]c2ccccc2c1=O)C(=O)Cn1[se]c2ccccc2c1=O. The number of hydrogen-bond donors (Lipinski definition) is 0. The van der Waals surface area contributed by atoms with Crippen LogP contribution in [0, 0.1) is 0 Å². The maximum atomic E-state index is 12.3. The Kier molecular flexibility index (Phi) is 4.51. The van der Waals surface area contributed by atoms with Crippen molar-refractivity contribution in [2.45, 2.75) is 13.1 Å². The second kappa shape index (κ2) is 6.82. The number of carbonyl (C=O) groups excluding carboxylic acids is 2. The Hall–Kier alpha value is -2.24. The second-order valence-electron chi connectivity index (χ2n) is 5.70. The predicted octanol–water partition coefficient (Wildman–Crippen LogP) is 0.269. The van der Waals surface area contributed by atoms with Crippen LogP contribution < -0.4 is 11.1 Å². The van der Waals surface area contributed by atoms with Gasteiger partial charge in [-0.15, -0.1) is 0 Å². The van der Waals surface area contributed by atoms with Gasteiger partial charge in [-0.2, -0.15) is 0 Å². The van der Waals surface area contributed by atoms with E-state index < -0.39 is 11.6 Å². The first-order valence-electron chi connectivity index (χ1n) is 7.78. The first kappa shape index (κ1) is 17.2. The van der Waals surface area contributed by atoms with Gasteiger partial charge in [-0.1, -0.05) is 0 Å². The number of fused-ring (bicyclic) bond motifs is 2. The molecule has 0 saturated heterocycles. The molecular formula is C18H12N2O4Se2. The fourth-order valence-corrected chi connectivity index (χ4v) is 6.85. The Morgan fingerprint density at radius 1 is 0.692 bits per heavy atom. The molecule has 4 aromatic rings. The van der Waals surface area contributed by atoms with Crippen LogP contribution in [0.3, 0.4) is 0 Å². The van der Waals surface area contributed by atoms with Crippen molar-refractivity contribution in [3.8, 4) is 0 Å². The Morgan fingerprint density at radius 3 is 1.46 bits per heavy atom. The third-order valence-electron chi connectivity index (χ3n) is 3.99. The molecule has 0 fully saturated rings. The van der Waals surface area contributed by atoms with Crippen molar-refractivity contribution < 1.29 is 9.59 Å². The monoisotopic (exact) mass is 480 g/mol. The summed E-state index contributed by atoms with van der Waals surface area (Å²) in [5.41, 5.74) is -0.425. The van der Waals surface area contributed by atoms with E-state index in [1.54, 1.807) is 24.3 Å². The Balaban J connectivity index is 1.56. The molecule has 6 nitrogen and oxygen atoms in total. The third-order valence-corrected chi connectivity index (χ3v) is 8.47. The molecule has 0 atom stereocenters. The first-order chi connectivity index (χ1) is 12.5. The molecule has 0 aliphatic heterocycles. The number of nitrogens with zero attached hydrogens (tertiary/aromatic N) is 2.